The van der Waals surface area contributed by atoms with Crippen molar-refractivity contribution in [2.75, 3.05) is 52.2 Å². The average molecular weight is 407 g/mol. The summed E-state index contributed by atoms with van der Waals surface area (Å²) in [6, 6.07) is -6.77. The zero-order valence-electron chi connectivity index (χ0n) is 36.3. The maximum atomic E-state index is 8.89. The average Bonchev–Trinajstić information content (AvgIpc) is 3.15. The molecule has 1 fully saturated rings. The number of para-hydroxylation sites is 1. The van der Waals surface area contributed by atoms with Crippen molar-refractivity contribution in [2.45, 2.75) is 9.79 Å². The smallest absolute Gasteiger partial charge is 0.210 e. The highest BCUT2D eigenvalue weighted by Gasteiger charge is 2.24. The molecule has 0 unspecified atom stereocenters. The van der Waals surface area contributed by atoms with Crippen LogP contribution in [0.5, 0.6) is 0 Å². The second-order valence-electron chi connectivity index (χ2n) is 4.74. The van der Waals surface area contributed by atoms with Crippen LogP contribution in [-0.2, 0) is 4.74 Å². The van der Waals surface area contributed by atoms with E-state index in [1.54, 1.807) is 0 Å². The minimum Gasteiger partial charge on any atom is -0.394 e. The summed E-state index contributed by atoms with van der Waals surface area (Å²) in [5, 5.41) is 3.59. The summed E-state index contributed by atoms with van der Waals surface area (Å²) in [6.07, 6.45) is 0. The molecule has 142 valence electrons. The van der Waals surface area contributed by atoms with Crippen molar-refractivity contribution in [3.63, 3.8) is 0 Å². The molecule has 0 amide bonds. The van der Waals surface area contributed by atoms with Gasteiger partial charge in [-0.2, -0.15) is 0 Å². The van der Waals surface area contributed by atoms with Crippen molar-refractivity contribution >= 4 is 23.3 Å². The van der Waals surface area contributed by atoms with Crippen LogP contribution in [0.4, 0.5) is 5.69 Å². The molecule has 0 radical (unpaired) electrons. The molecule has 2 aromatic carbocycles. The lowest BCUT2D eigenvalue weighted by Gasteiger charge is -2.36. The van der Waals surface area contributed by atoms with E-state index in [-0.39, 0.29) is 9.80 Å². The molecule has 2 aliphatic heterocycles. The predicted molar refractivity (Wildman–Crippen MR) is 109 cm³/mol. The number of aliphatic hydroxyl groups is 1. The fourth-order valence-electron chi connectivity index (χ4n) is 2.06. The van der Waals surface area contributed by atoms with Gasteiger partial charge >= 0.3 is 0 Å². The van der Waals surface area contributed by atoms with E-state index in [1.165, 1.54) is 0 Å². The molecule has 2 aliphatic rings. The fourth-order valence-corrected chi connectivity index (χ4v) is 2.90. The number of ether oxygens (including phenoxy) is 1. The highest BCUT2D eigenvalue weighted by atomic mass is 32.2. The van der Waals surface area contributed by atoms with Crippen molar-refractivity contribution < 1.29 is 40.0 Å². The third-order valence-electron chi connectivity index (χ3n) is 3.15. The van der Waals surface area contributed by atoms with Crippen molar-refractivity contribution in [1.82, 2.24) is 9.80 Å². The molecule has 5 nitrogen and oxygen atoms in total. The van der Waals surface area contributed by atoms with Crippen molar-refractivity contribution in [3.8, 4) is 0 Å². The number of amidine groups is 1. The summed E-state index contributed by atoms with van der Waals surface area (Å²) in [7, 11) is 0. The molecule has 0 saturated carbocycles. The topological polar surface area (TPSA) is 48.3 Å². The van der Waals surface area contributed by atoms with E-state index in [9.17, 15) is 0 Å². The number of rotatable bonds is 6. The van der Waals surface area contributed by atoms with Gasteiger partial charge in [-0.05, 0) is 18.1 Å². The Labute approximate surface area is 197 Å². The summed E-state index contributed by atoms with van der Waals surface area (Å²) >= 11 is 0.388. The van der Waals surface area contributed by atoms with Crippen molar-refractivity contribution in [3.05, 3.63) is 53.9 Å². The van der Waals surface area contributed by atoms with E-state index in [0.29, 0.717) is 11.8 Å². The molecule has 0 bridgehead atoms. The van der Waals surface area contributed by atoms with Gasteiger partial charge in [0.05, 0.1) is 50.0 Å². The molecule has 4 rings (SSSR count). The van der Waals surface area contributed by atoms with Crippen LogP contribution in [0.25, 0.3) is 0 Å². The first-order chi connectivity index (χ1) is 22.4. The van der Waals surface area contributed by atoms with Gasteiger partial charge in [-0.3, -0.25) is 4.90 Å². The van der Waals surface area contributed by atoms with E-state index < -0.39 is 127 Å². The Hall–Kier alpha value is -1.86. The van der Waals surface area contributed by atoms with Crippen LogP contribution >= 0.6 is 11.8 Å². The lowest BCUT2D eigenvalue weighted by molar-refractivity contribution is 0.0652. The third kappa shape index (κ3) is 4.35. The van der Waals surface area contributed by atoms with Gasteiger partial charge < -0.3 is 14.7 Å². The van der Waals surface area contributed by atoms with Crippen molar-refractivity contribution in [2.24, 2.45) is 4.99 Å². The third-order valence-corrected chi connectivity index (χ3v) is 4.16. The van der Waals surface area contributed by atoms with E-state index >= 15 is 0 Å². The van der Waals surface area contributed by atoms with E-state index in [2.05, 4.69) is 14.8 Å². The van der Waals surface area contributed by atoms with E-state index in [4.69, 9.17) is 31.6 Å². The summed E-state index contributed by atoms with van der Waals surface area (Å²) < 4.78 is 194. The quantitative estimate of drug-likeness (QED) is 0.799. The Morgan fingerprint density at radius 1 is 1.15 bits per heavy atom. The molecule has 2 aromatic rings. The number of aliphatic imine (C=N–C) groups is 1. The number of piperazine rings is 1. The highest BCUT2D eigenvalue weighted by Crippen LogP contribution is 2.40. The summed E-state index contributed by atoms with van der Waals surface area (Å²) in [5.41, 5.74) is -1.43. The standard InChI is InChI=1S/C21H25N3O2S/c25-14-16-26-15-13-23-9-11-24(12-10-23)21-17-5-1-3-7-19(17)27-20-8-4-2-6-18(20)22-21/h1-8,25H,9-16H2/i1D,2D,3D,4D,5D,6D,7D,8D,9D2,11D2,12D2,13D2,14D2,15D2,16D2,25D. The Morgan fingerprint density at radius 3 is 2.93 bits per heavy atom. The molecule has 1 N–H and O–H groups in total. The van der Waals surface area contributed by atoms with Crippen LogP contribution in [0.15, 0.2) is 63.1 Å². The fraction of sp³-hybridized carbons (Fsp3) is 0.381. The molecular formula is C21H25N3O2S. The SMILES string of the molecule is [2H]OC([2H])([2H])C([2H])([2H])OC([2H])([2H])C([2H])([2H])N1CC([2H])([2H])N(C2=Nc3c([2H])c([2H])c([2H])c([2H])c3Sc3c([2H])c([2H])c([2H])c([2H])c32)C([2H])([2H])C1([2H])[2H]. The van der Waals surface area contributed by atoms with Gasteiger partial charge in [-0.25, -0.2) is 4.99 Å². The first-order valence-corrected chi connectivity index (χ1v) is 8.07. The second-order valence-corrected chi connectivity index (χ2v) is 5.76. The molecule has 6 heteroatoms. The largest absolute Gasteiger partial charge is 0.394 e. The molecule has 0 spiro atoms. The van der Waals surface area contributed by atoms with Gasteiger partial charge in [-0.15, -0.1) is 0 Å². The molecule has 27 heavy (non-hydrogen) atoms. The minimum absolute atomic E-state index is 0.0504. The Bertz CT molecular complexity index is 1780. The lowest BCUT2D eigenvalue weighted by Crippen LogP contribution is -2.49. The maximum absolute atomic E-state index is 8.89. The second kappa shape index (κ2) is 8.89. The van der Waals surface area contributed by atoms with Crippen LogP contribution in [0.1, 0.15) is 35.7 Å². The number of hydrogen-bond donors (Lipinski definition) is 1. The monoisotopic (exact) mass is 406 g/mol. The summed E-state index contributed by atoms with van der Waals surface area (Å²) in [5.74, 6) is -1.10. The van der Waals surface area contributed by atoms with Crippen molar-refractivity contribution in [1.29, 1.82) is 1.43 Å². The number of fused-ring (bicyclic) bond motifs is 2. The molecular weight excluding hydrogens is 358 g/mol. The van der Waals surface area contributed by atoms with Crippen LogP contribution < -0.4 is 0 Å². The number of hydrogen-bond acceptors (Lipinski definition) is 6. The summed E-state index contributed by atoms with van der Waals surface area (Å²) in [4.78, 5) is 2.79. The number of nitrogens with zero attached hydrogens (tertiary/aromatic N) is 3. The normalized spacial score (nSPS) is 37.1. The predicted octanol–water partition coefficient (Wildman–Crippen LogP) is 2.86. The number of benzene rings is 2. The van der Waals surface area contributed by atoms with Gasteiger partial charge in [0.1, 0.15) is 5.84 Å². The molecule has 0 aliphatic carbocycles. The molecule has 2 heterocycles. The first-order valence-electron chi connectivity index (χ1n) is 18.7. The first kappa shape index (κ1) is 5.60. The van der Waals surface area contributed by atoms with Crippen LogP contribution in [0.2, 0.25) is 0 Å². The highest BCUT2D eigenvalue weighted by molar-refractivity contribution is 7.99. The Balaban J connectivity index is 2.02. The lowest BCUT2D eigenvalue weighted by atomic mass is 10.1. The molecule has 0 aromatic heterocycles. The van der Waals surface area contributed by atoms with E-state index in [1.807, 2.05) is 0 Å². The van der Waals surface area contributed by atoms with E-state index in [0.717, 1.165) is 0 Å². The van der Waals surface area contributed by atoms with Crippen LogP contribution in [-0.4, -0.2) is 74.4 Å². The minimum atomic E-state index is -4.14. The van der Waals surface area contributed by atoms with Gasteiger partial charge in [-0.1, -0.05) is 42.0 Å². The maximum Gasteiger partial charge on any atom is 0.210 e. The molecule has 1 saturated heterocycles. The Morgan fingerprint density at radius 2 is 2.00 bits per heavy atom. The van der Waals surface area contributed by atoms with Crippen LogP contribution in [0, 0.1) is 0 Å². The van der Waals surface area contributed by atoms with Gasteiger partial charge in [0.25, 0.3) is 0 Å². The zero-order valence-corrected chi connectivity index (χ0v) is 14.1. The van der Waals surface area contributed by atoms with Crippen LogP contribution in [0.3, 0.4) is 0 Å². The van der Waals surface area contributed by atoms with Gasteiger partial charge in [0, 0.05) is 53.4 Å². The zero-order chi connectivity index (χ0) is 38.7. The summed E-state index contributed by atoms with van der Waals surface area (Å²) in [6.45, 7) is -28.9. The molecule has 0 atom stereocenters. The van der Waals surface area contributed by atoms with Gasteiger partial charge in [0.15, 0.2) is 0 Å². The van der Waals surface area contributed by atoms with Gasteiger partial charge in [0.2, 0.25) is 1.43 Å². The Kier molecular flexibility index (Phi) is 1.84.